The van der Waals surface area contributed by atoms with Crippen molar-refractivity contribution in [2.45, 2.75) is 0 Å². The van der Waals surface area contributed by atoms with Gasteiger partial charge in [-0.1, -0.05) is 84.9 Å². The zero-order valence-electron chi connectivity index (χ0n) is 16.4. The molecule has 0 heterocycles. The Balaban J connectivity index is 0.00000225. The molecule has 0 aliphatic heterocycles. The predicted octanol–water partition coefficient (Wildman–Crippen LogP) is -4.10. The van der Waals surface area contributed by atoms with E-state index in [1.54, 1.807) is 12.1 Å². The van der Waals surface area contributed by atoms with Crippen molar-refractivity contribution in [1.29, 1.82) is 0 Å². The molecule has 0 bridgehead atoms. The van der Waals surface area contributed by atoms with Crippen LogP contribution in [0.4, 0.5) is 0 Å². The van der Waals surface area contributed by atoms with Gasteiger partial charge in [-0.2, -0.15) is 0 Å². The van der Waals surface area contributed by atoms with Crippen LogP contribution in [0.15, 0.2) is 84.9 Å². The van der Waals surface area contributed by atoms with E-state index in [0.717, 1.165) is 24.3 Å². The minimum absolute atomic E-state index is 0. The molecule has 0 saturated heterocycles. The van der Waals surface area contributed by atoms with Gasteiger partial charge in [0.25, 0.3) is 0 Å². The number of hydrogen-bond acceptors (Lipinski definition) is 6. The van der Waals surface area contributed by atoms with Crippen molar-refractivity contribution in [3.63, 3.8) is 0 Å². The summed E-state index contributed by atoms with van der Waals surface area (Å²) >= 11 is 0. The van der Waals surface area contributed by atoms with Crippen molar-refractivity contribution in [2.75, 3.05) is 0 Å². The van der Waals surface area contributed by atoms with E-state index < -0.39 is 25.8 Å². The summed E-state index contributed by atoms with van der Waals surface area (Å²) in [7, 11) is -9.13. The van der Waals surface area contributed by atoms with Gasteiger partial charge in [0, 0.05) is 21.7 Å². The van der Waals surface area contributed by atoms with Gasteiger partial charge in [-0.15, -0.1) is 0 Å². The topological polar surface area (TPSA) is 114 Å². The summed E-state index contributed by atoms with van der Waals surface area (Å²) in [6.07, 6.45) is 0. The Labute approximate surface area is 198 Å². The molecule has 3 aromatic rings. The normalized spacial score (nSPS) is 14.2. The van der Waals surface area contributed by atoms with E-state index in [9.17, 15) is 28.5 Å². The quantitative estimate of drug-likeness (QED) is 0.293. The van der Waals surface area contributed by atoms with E-state index in [2.05, 4.69) is 0 Å². The smallest absolute Gasteiger partial charge is 0.790 e. The average Bonchev–Trinajstić information content (AvgIpc) is 2.74. The van der Waals surface area contributed by atoms with Crippen molar-refractivity contribution in [3.8, 4) is 0 Å². The van der Waals surface area contributed by atoms with Crippen molar-refractivity contribution in [3.05, 3.63) is 96.1 Å². The standard InChI is InChI=1S/C20H16O6P2.2Li/c21-19(27(23,24)17-7-3-1-4-8-17)15-11-13-16(14-12-15)20(22)28(25,26)18-9-5-2-6-10-18;;/h1-14H,(H,23,24)(H,25,26);;/q;2*+1/p-2. The van der Waals surface area contributed by atoms with Crippen molar-refractivity contribution in [1.82, 2.24) is 0 Å². The zero-order chi connectivity index (χ0) is 20.4. The second-order valence-electron chi connectivity index (χ2n) is 5.96. The fraction of sp³-hybridized carbons (Fsp3) is 0. The molecule has 0 N–H and O–H groups in total. The van der Waals surface area contributed by atoms with Gasteiger partial charge in [-0.05, 0) is 0 Å². The fourth-order valence-electron chi connectivity index (χ4n) is 2.58. The van der Waals surface area contributed by atoms with Gasteiger partial charge in [0.05, 0.1) is 0 Å². The molecule has 0 aliphatic rings. The van der Waals surface area contributed by atoms with Gasteiger partial charge in [0.2, 0.25) is 11.0 Å². The molecule has 0 amide bonds. The first-order valence-corrected chi connectivity index (χ1v) is 11.4. The summed E-state index contributed by atoms with van der Waals surface area (Å²) < 4.78 is 24.8. The van der Waals surface area contributed by atoms with Gasteiger partial charge in [-0.25, -0.2) is 0 Å². The van der Waals surface area contributed by atoms with Crippen molar-refractivity contribution >= 4 is 36.4 Å². The molecule has 0 saturated carbocycles. The molecule has 3 aromatic carbocycles. The number of carbonyl (C=O) groups excluding carboxylic acids is 2. The van der Waals surface area contributed by atoms with Gasteiger partial charge in [0.1, 0.15) is 14.7 Å². The van der Waals surface area contributed by atoms with Crippen molar-refractivity contribution < 1.29 is 66.2 Å². The maximum absolute atomic E-state index is 12.4. The van der Waals surface area contributed by atoms with Crippen LogP contribution >= 0.6 is 14.7 Å². The van der Waals surface area contributed by atoms with E-state index in [1.807, 2.05) is 0 Å². The molecule has 0 aliphatic carbocycles. The van der Waals surface area contributed by atoms with Crippen LogP contribution in [0.1, 0.15) is 20.7 Å². The van der Waals surface area contributed by atoms with Crippen LogP contribution < -0.4 is 58.1 Å². The second kappa shape index (κ2) is 10.7. The minimum atomic E-state index is -4.57. The third-order valence-electron chi connectivity index (χ3n) is 4.11. The Kier molecular flexibility index (Phi) is 9.53. The molecule has 6 nitrogen and oxygen atoms in total. The van der Waals surface area contributed by atoms with E-state index in [4.69, 9.17) is 0 Å². The summed E-state index contributed by atoms with van der Waals surface area (Å²) in [6, 6.07) is 19.1. The summed E-state index contributed by atoms with van der Waals surface area (Å²) in [4.78, 5) is 49.6. The van der Waals surface area contributed by atoms with Gasteiger partial charge < -0.3 is 18.9 Å². The maximum atomic E-state index is 12.4. The molecule has 0 fully saturated rings. The van der Waals surface area contributed by atoms with Crippen LogP contribution in [0.2, 0.25) is 0 Å². The first-order valence-electron chi connectivity index (χ1n) is 8.18. The molecule has 2 unspecified atom stereocenters. The molecule has 0 aromatic heterocycles. The first-order chi connectivity index (χ1) is 13.2. The minimum Gasteiger partial charge on any atom is -0.790 e. The molecular formula is C20H14Li2O6P2. The molecular weight excluding hydrogens is 412 g/mol. The van der Waals surface area contributed by atoms with Gasteiger partial charge >= 0.3 is 37.7 Å². The zero-order valence-corrected chi connectivity index (χ0v) is 18.2. The Morgan fingerprint density at radius 2 is 0.800 bits per heavy atom. The summed E-state index contributed by atoms with van der Waals surface area (Å²) in [5, 5.41) is -0.235. The van der Waals surface area contributed by atoms with E-state index in [0.29, 0.717) is 0 Å². The molecule has 3 rings (SSSR count). The van der Waals surface area contributed by atoms with Crippen LogP contribution in [-0.2, 0) is 9.13 Å². The van der Waals surface area contributed by atoms with Crippen LogP contribution in [0.5, 0.6) is 0 Å². The Hall–Kier alpha value is -1.43. The van der Waals surface area contributed by atoms with E-state index in [-0.39, 0.29) is 59.5 Å². The monoisotopic (exact) mass is 426 g/mol. The molecule has 0 radical (unpaired) electrons. The third kappa shape index (κ3) is 5.43. The maximum Gasteiger partial charge on any atom is 1.00 e. The summed E-state index contributed by atoms with van der Waals surface area (Å²) in [5.41, 5.74) is -2.52. The second-order valence-corrected chi connectivity index (χ2v) is 10.0. The molecule has 30 heavy (non-hydrogen) atoms. The predicted molar refractivity (Wildman–Crippen MR) is 102 cm³/mol. The SMILES string of the molecule is O=C(c1ccc(C(=O)P(=O)([O-])c2ccccc2)cc1)P(=O)([O-])c1ccccc1.[Li+].[Li+]. The Morgan fingerprint density at radius 1 is 0.533 bits per heavy atom. The molecule has 10 heteroatoms. The van der Waals surface area contributed by atoms with Crippen LogP contribution in [0, 0.1) is 0 Å². The van der Waals surface area contributed by atoms with Gasteiger partial charge in [0.15, 0.2) is 0 Å². The largest absolute Gasteiger partial charge is 1.00 e. The Bertz CT molecular complexity index is 1030. The molecule has 142 valence electrons. The third-order valence-corrected chi connectivity index (χ3v) is 7.65. The van der Waals surface area contributed by atoms with Gasteiger partial charge in [-0.3, -0.25) is 9.59 Å². The van der Waals surface area contributed by atoms with Crippen LogP contribution in [-0.4, -0.2) is 11.0 Å². The van der Waals surface area contributed by atoms with E-state index in [1.165, 1.54) is 48.5 Å². The van der Waals surface area contributed by atoms with Crippen LogP contribution in [0.3, 0.4) is 0 Å². The van der Waals surface area contributed by atoms with Crippen molar-refractivity contribution in [2.24, 2.45) is 0 Å². The Morgan fingerprint density at radius 3 is 1.07 bits per heavy atom. The van der Waals surface area contributed by atoms with E-state index >= 15 is 0 Å². The number of hydrogen-bond donors (Lipinski definition) is 0. The van der Waals surface area contributed by atoms with Crippen LogP contribution in [0.25, 0.3) is 0 Å². The number of benzene rings is 3. The molecule has 2 atom stereocenters. The first kappa shape index (κ1) is 26.6. The fourth-order valence-corrected chi connectivity index (χ4v) is 5.15. The summed E-state index contributed by atoms with van der Waals surface area (Å²) in [6.45, 7) is 0. The number of rotatable bonds is 6. The average molecular weight is 426 g/mol. The number of carbonyl (C=O) groups is 2. The summed E-state index contributed by atoms with van der Waals surface area (Å²) in [5.74, 6) is 0. The molecule has 0 spiro atoms.